The predicted octanol–water partition coefficient (Wildman–Crippen LogP) is 3.94. The van der Waals surface area contributed by atoms with E-state index >= 15 is 0 Å². The molecule has 1 fully saturated rings. The average molecular weight is 243 g/mol. The summed E-state index contributed by atoms with van der Waals surface area (Å²) >= 11 is 2.13. The molecule has 1 nitrogen and oxygen atoms in total. The zero-order chi connectivity index (χ0) is 11.6. The van der Waals surface area contributed by atoms with Crippen LogP contribution in [0.4, 0.5) is 0 Å². The van der Waals surface area contributed by atoms with E-state index in [2.05, 4.69) is 30.9 Å². The SMILES string of the molecule is CCCCC(CC)CNCC1CCSCC1. The number of hydrogen-bond donors (Lipinski definition) is 1. The van der Waals surface area contributed by atoms with Gasteiger partial charge in [-0.05, 0) is 55.7 Å². The van der Waals surface area contributed by atoms with Crippen LogP contribution in [0.5, 0.6) is 0 Å². The first kappa shape index (κ1) is 14.4. The third-order valence-electron chi connectivity index (χ3n) is 3.75. The van der Waals surface area contributed by atoms with Gasteiger partial charge >= 0.3 is 0 Å². The lowest BCUT2D eigenvalue weighted by Gasteiger charge is -2.23. The molecule has 0 aromatic carbocycles. The van der Waals surface area contributed by atoms with Crippen LogP contribution in [-0.4, -0.2) is 24.6 Å². The van der Waals surface area contributed by atoms with Crippen LogP contribution in [0.15, 0.2) is 0 Å². The highest BCUT2D eigenvalue weighted by Gasteiger charge is 2.13. The molecule has 0 amide bonds. The normalized spacial score (nSPS) is 19.9. The van der Waals surface area contributed by atoms with E-state index in [0.717, 1.165) is 11.8 Å². The minimum absolute atomic E-state index is 0.915. The summed E-state index contributed by atoms with van der Waals surface area (Å²) < 4.78 is 0. The second-order valence-electron chi connectivity index (χ2n) is 5.13. The Morgan fingerprint density at radius 1 is 1.25 bits per heavy atom. The fraction of sp³-hybridized carbons (Fsp3) is 1.00. The fourth-order valence-corrected chi connectivity index (χ4v) is 3.59. The van der Waals surface area contributed by atoms with Gasteiger partial charge in [-0.1, -0.05) is 33.1 Å². The Hall–Kier alpha value is 0.310. The van der Waals surface area contributed by atoms with Crippen LogP contribution >= 0.6 is 11.8 Å². The van der Waals surface area contributed by atoms with E-state index in [4.69, 9.17) is 0 Å². The molecule has 0 aromatic rings. The molecule has 1 rings (SSSR count). The monoisotopic (exact) mass is 243 g/mol. The molecule has 1 aliphatic rings. The maximum absolute atomic E-state index is 3.71. The van der Waals surface area contributed by atoms with Crippen LogP contribution in [0, 0.1) is 11.8 Å². The molecule has 0 bridgehead atoms. The van der Waals surface area contributed by atoms with E-state index in [9.17, 15) is 0 Å². The molecule has 0 saturated carbocycles. The second kappa shape index (κ2) is 9.35. The first-order valence-electron chi connectivity index (χ1n) is 7.15. The van der Waals surface area contributed by atoms with Gasteiger partial charge in [0.05, 0.1) is 0 Å². The first-order valence-corrected chi connectivity index (χ1v) is 8.30. The summed E-state index contributed by atoms with van der Waals surface area (Å²) in [6.07, 6.45) is 8.37. The second-order valence-corrected chi connectivity index (χ2v) is 6.36. The van der Waals surface area contributed by atoms with Crippen LogP contribution < -0.4 is 5.32 Å². The Kier molecular flexibility index (Phi) is 8.40. The minimum atomic E-state index is 0.915. The molecular weight excluding hydrogens is 214 g/mol. The Labute approximate surface area is 106 Å². The Morgan fingerprint density at radius 2 is 2.00 bits per heavy atom. The Bertz CT molecular complexity index is 155. The maximum Gasteiger partial charge on any atom is -0.00198 e. The van der Waals surface area contributed by atoms with Gasteiger partial charge in [0.25, 0.3) is 0 Å². The molecule has 1 unspecified atom stereocenters. The van der Waals surface area contributed by atoms with Gasteiger partial charge in [0, 0.05) is 0 Å². The van der Waals surface area contributed by atoms with Gasteiger partial charge in [-0.25, -0.2) is 0 Å². The average Bonchev–Trinajstić information content (AvgIpc) is 2.35. The quantitative estimate of drug-likeness (QED) is 0.693. The van der Waals surface area contributed by atoms with E-state index in [0.29, 0.717) is 0 Å². The molecule has 0 radical (unpaired) electrons. The minimum Gasteiger partial charge on any atom is -0.316 e. The highest BCUT2D eigenvalue weighted by molar-refractivity contribution is 7.99. The van der Waals surface area contributed by atoms with Crippen molar-refractivity contribution in [3.63, 3.8) is 0 Å². The number of unbranched alkanes of at least 4 members (excludes halogenated alkanes) is 1. The van der Waals surface area contributed by atoms with E-state index in [1.54, 1.807) is 0 Å². The third kappa shape index (κ3) is 6.15. The van der Waals surface area contributed by atoms with Crippen molar-refractivity contribution in [2.75, 3.05) is 24.6 Å². The number of rotatable bonds is 8. The van der Waals surface area contributed by atoms with Crippen LogP contribution in [0.2, 0.25) is 0 Å². The van der Waals surface area contributed by atoms with Crippen molar-refractivity contribution in [2.45, 2.75) is 52.4 Å². The molecule has 96 valence electrons. The lowest BCUT2D eigenvalue weighted by molar-refractivity contribution is 0.382. The maximum atomic E-state index is 3.71. The van der Waals surface area contributed by atoms with Gasteiger partial charge in [0.2, 0.25) is 0 Å². The molecule has 16 heavy (non-hydrogen) atoms. The van der Waals surface area contributed by atoms with Crippen molar-refractivity contribution in [1.82, 2.24) is 5.32 Å². The molecule has 0 aromatic heterocycles. The van der Waals surface area contributed by atoms with E-state index in [1.165, 1.54) is 63.1 Å². The van der Waals surface area contributed by atoms with E-state index in [-0.39, 0.29) is 0 Å². The topological polar surface area (TPSA) is 12.0 Å². The van der Waals surface area contributed by atoms with Gasteiger partial charge in [-0.15, -0.1) is 0 Å². The highest BCUT2D eigenvalue weighted by atomic mass is 32.2. The summed E-state index contributed by atoms with van der Waals surface area (Å²) in [7, 11) is 0. The summed E-state index contributed by atoms with van der Waals surface area (Å²) in [6, 6.07) is 0. The van der Waals surface area contributed by atoms with Crippen LogP contribution in [-0.2, 0) is 0 Å². The van der Waals surface area contributed by atoms with Gasteiger partial charge in [0.15, 0.2) is 0 Å². The van der Waals surface area contributed by atoms with Crippen LogP contribution in [0.25, 0.3) is 0 Å². The van der Waals surface area contributed by atoms with Crippen LogP contribution in [0.3, 0.4) is 0 Å². The van der Waals surface area contributed by atoms with Crippen molar-refractivity contribution >= 4 is 11.8 Å². The lowest BCUT2D eigenvalue weighted by Crippen LogP contribution is -2.29. The lowest BCUT2D eigenvalue weighted by atomic mass is 9.98. The van der Waals surface area contributed by atoms with E-state index < -0.39 is 0 Å². The molecule has 1 N–H and O–H groups in total. The summed E-state index contributed by atoms with van der Waals surface area (Å²) in [5.74, 6) is 4.65. The predicted molar refractivity (Wildman–Crippen MR) is 76.2 cm³/mol. The molecular formula is C14H29NS. The largest absolute Gasteiger partial charge is 0.316 e. The third-order valence-corrected chi connectivity index (χ3v) is 4.80. The summed E-state index contributed by atoms with van der Waals surface area (Å²) in [6.45, 7) is 7.14. The van der Waals surface area contributed by atoms with Gasteiger partial charge in [-0.2, -0.15) is 11.8 Å². The Morgan fingerprint density at radius 3 is 2.62 bits per heavy atom. The van der Waals surface area contributed by atoms with Crippen molar-refractivity contribution in [1.29, 1.82) is 0 Å². The summed E-state index contributed by atoms with van der Waals surface area (Å²) in [4.78, 5) is 0. The molecule has 1 aliphatic heterocycles. The van der Waals surface area contributed by atoms with Gasteiger partial charge in [-0.3, -0.25) is 0 Å². The number of nitrogens with one attached hydrogen (secondary N) is 1. The fourth-order valence-electron chi connectivity index (χ4n) is 2.39. The first-order chi connectivity index (χ1) is 7.86. The standard InChI is InChI=1S/C14H29NS/c1-3-5-6-13(4-2)11-15-12-14-7-9-16-10-8-14/h13-15H,3-12H2,1-2H3. The zero-order valence-electron chi connectivity index (χ0n) is 11.1. The molecule has 1 heterocycles. The van der Waals surface area contributed by atoms with Gasteiger partial charge in [0.1, 0.15) is 0 Å². The van der Waals surface area contributed by atoms with Crippen molar-refractivity contribution in [2.24, 2.45) is 11.8 Å². The summed E-state index contributed by atoms with van der Waals surface area (Å²) in [5, 5.41) is 3.71. The van der Waals surface area contributed by atoms with Crippen molar-refractivity contribution in [3.05, 3.63) is 0 Å². The number of hydrogen-bond acceptors (Lipinski definition) is 2. The number of thioether (sulfide) groups is 1. The smallest absolute Gasteiger partial charge is 0.00198 e. The molecule has 1 atom stereocenters. The molecule has 1 saturated heterocycles. The van der Waals surface area contributed by atoms with E-state index in [1.807, 2.05) is 0 Å². The highest BCUT2D eigenvalue weighted by Crippen LogP contribution is 2.22. The van der Waals surface area contributed by atoms with Gasteiger partial charge < -0.3 is 5.32 Å². The molecule has 0 aliphatic carbocycles. The zero-order valence-corrected chi connectivity index (χ0v) is 12.0. The van der Waals surface area contributed by atoms with Crippen molar-refractivity contribution in [3.8, 4) is 0 Å². The Balaban J connectivity index is 2.02. The molecule has 2 heteroatoms. The molecule has 0 spiro atoms. The van der Waals surface area contributed by atoms with Crippen LogP contribution in [0.1, 0.15) is 52.4 Å². The summed E-state index contributed by atoms with van der Waals surface area (Å²) in [5.41, 5.74) is 0. The van der Waals surface area contributed by atoms with Crippen molar-refractivity contribution < 1.29 is 0 Å².